The predicted octanol–water partition coefficient (Wildman–Crippen LogP) is 5.11. The van der Waals surface area contributed by atoms with Crippen molar-refractivity contribution in [2.75, 3.05) is 19.6 Å². The number of aromatic hydroxyl groups is 2. The second-order valence-electron chi connectivity index (χ2n) is 9.83. The maximum absolute atomic E-state index is 10.1. The van der Waals surface area contributed by atoms with E-state index in [1.165, 1.54) is 14.2 Å². The van der Waals surface area contributed by atoms with Crippen LogP contribution in [-0.4, -0.2) is 51.8 Å². The first kappa shape index (κ1) is 29.0. The molecule has 0 aliphatic carbocycles. The quantitative estimate of drug-likeness (QED) is 0.136. The molecule has 0 saturated heterocycles. The van der Waals surface area contributed by atoms with E-state index in [2.05, 4.69) is 26.0 Å². The van der Waals surface area contributed by atoms with Crippen molar-refractivity contribution < 1.29 is 19.7 Å². The van der Waals surface area contributed by atoms with Gasteiger partial charge in [-0.25, -0.2) is 9.98 Å². The molecule has 42 heavy (non-hydrogen) atoms. The molecule has 5 rings (SSSR count). The molecule has 2 aliphatic heterocycles. The summed E-state index contributed by atoms with van der Waals surface area (Å²) in [6.07, 6.45) is 0.860. The number of methoxy groups -OCH3 is 2. The summed E-state index contributed by atoms with van der Waals surface area (Å²) in [6.45, 7) is 2.02. The van der Waals surface area contributed by atoms with Crippen molar-refractivity contribution >= 4 is 57.5 Å². The van der Waals surface area contributed by atoms with Crippen molar-refractivity contribution in [3.05, 3.63) is 77.4 Å². The Bertz CT molecular complexity index is 1530. The molecule has 3 aromatic rings. The van der Waals surface area contributed by atoms with Gasteiger partial charge in [-0.2, -0.15) is 5.10 Å². The normalized spacial score (nSPS) is 18.2. The number of aryl methyl sites for hydroxylation is 1. The second-order valence-corrected chi connectivity index (χ2v) is 10.6. The van der Waals surface area contributed by atoms with Crippen molar-refractivity contribution in [3.8, 4) is 23.0 Å². The van der Waals surface area contributed by atoms with E-state index in [-0.39, 0.29) is 23.6 Å². The summed E-state index contributed by atoms with van der Waals surface area (Å²) in [4.78, 5) is 9.34. The van der Waals surface area contributed by atoms with Gasteiger partial charge < -0.3 is 30.3 Å². The van der Waals surface area contributed by atoms with Gasteiger partial charge in [-0.3, -0.25) is 5.43 Å². The number of anilines is 1. The van der Waals surface area contributed by atoms with E-state index in [9.17, 15) is 10.2 Å². The minimum Gasteiger partial charge on any atom is -0.504 e. The van der Waals surface area contributed by atoms with Gasteiger partial charge in [0.05, 0.1) is 43.4 Å². The lowest BCUT2D eigenvalue weighted by molar-refractivity contribution is 0.372. The number of benzene rings is 3. The van der Waals surface area contributed by atoms with Crippen LogP contribution >= 0.6 is 24.4 Å². The zero-order chi connectivity index (χ0) is 29.8. The van der Waals surface area contributed by atoms with Gasteiger partial charge in [-0.1, -0.05) is 29.8 Å². The summed E-state index contributed by atoms with van der Waals surface area (Å²) in [6, 6.07) is 17.7. The molecule has 0 bridgehead atoms. The maximum Gasteiger partial charge on any atom is 0.193 e. The van der Waals surface area contributed by atoms with Gasteiger partial charge in [-0.05, 0) is 78.9 Å². The number of aliphatic imine (C=N–C) groups is 2. The fraction of sp³-hybridized carbons (Fsp3) is 0.233. The highest BCUT2D eigenvalue weighted by atomic mass is 32.1. The summed E-state index contributed by atoms with van der Waals surface area (Å²) in [5.41, 5.74) is 8.58. The summed E-state index contributed by atoms with van der Waals surface area (Å²) < 4.78 is 10.6. The van der Waals surface area contributed by atoms with Gasteiger partial charge in [0.15, 0.2) is 33.2 Å². The van der Waals surface area contributed by atoms with Crippen LogP contribution in [-0.2, 0) is 0 Å². The molecule has 10 nitrogen and oxygen atoms in total. The Morgan fingerprint density at radius 1 is 0.810 bits per heavy atom. The van der Waals surface area contributed by atoms with Gasteiger partial charge in [0.2, 0.25) is 0 Å². The summed E-state index contributed by atoms with van der Waals surface area (Å²) >= 11 is 11.1. The number of ether oxygens (including phenoxy) is 2. The Balaban J connectivity index is 1.51. The van der Waals surface area contributed by atoms with E-state index in [0.717, 1.165) is 22.4 Å². The molecule has 0 aromatic heterocycles. The summed E-state index contributed by atoms with van der Waals surface area (Å²) in [7, 11) is 3.01. The fourth-order valence-corrected chi connectivity index (χ4v) is 5.26. The lowest BCUT2D eigenvalue weighted by Gasteiger charge is -2.29. The molecule has 2 atom stereocenters. The maximum atomic E-state index is 10.1. The number of nitrogens with one attached hydrogen (secondary N) is 3. The minimum atomic E-state index is -0.254. The third-order valence-corrected chi connectivity index (χ3v) is 7.39. The predicted molar refractivity (Wildman–Crippen MR) is 173 cm³/mol. The number of hydrogen-bond acceptors (Lipinski definition) is 8. The molecule has 0 fully saturated rings. The molecular formula is C30H30N6O4S2. The number of rotatable bonds is 8. The van der Waals surface area contributed by atoms with Gasteiger partial charge in [0, 0.05) is 12.8 Å². The lowest BCUT2D eigenvalue weighted by Crippen LogP contribution is -2.42. The van der Waals surface area contributed by atoms with Crippen LogP contribution in [0.15, 0.2) is 75.7 Å². The first-order valence-electron chi connectivity index (χ1n) is 13.1. The van der Waals surface area contributed by atoms with E-state index in [0.29, 0.717) is 51.7 Å². The van der Waals surface area contributed by atoms with Crippen molar-refractivity contribution in [2.45, 2.75) is 31.8 Å². The number of hydrazone groups is 1. The Kier molecular flexibility index (Phi) is 8.64. The van der Waals surface area contributed by atoms with Gasteiger partial charge in [0.25, 0.3) is 0 Å². The first-order chi connectivity index (χ1) is 20.2. The second kappa shape index (κ2) is 12.5. The molecule has 0 amide bonds. The smallest absolute Gasteiger partial charge is 0.193 e. The topological polar surface area (TPSA) is 132 Å². The summed E-state index contributed by atoms with van der Waals surface area (Å²) in [5, 5.41) is 32.1. The molecule has 2 unspecified atom stereocenters. The number of nitrogens with zero attached hydrogens (tertiary/aromatic N) is 3. The van der Waals surface area contributed by atoms with Crippen molar-refractivity contribution in [2.24, 2.45) is 15.1 Å². The molecule has 0 radical (unpaired) electrons. The van der Waals surface area contributed by atoms with Gasteiger partial charge >= 0.3 is 0 Å². The zero-order valence-corrected chi connectivity index (χ0v) is 24.8. The van der Waals surface area contributed by atoms with E-state index in [1.54, 1.807) is 24.3 Å². The highest BCUT2D eigenvalue weighted by Crippen LogP contribution is 2.33. The number of phenolic OH excluding ortho intramolecular Hbond substituents is 2. The Morgan fingerprint density at radius 2 is 1.29 bits per heavy atom. The molecule has 2 heterocycles. The number of phenols is 2. The third kappa shape index (κ3) is 6.50. The third-order valence-electron chi connectivity index (χ3n) is 6.97. The Labute approximate surface area is 254 Å². The van der Waals surface area contributed by atoms with Crippen LogP contribution in [0.25, 0.3) is 0 Å². The minimum absolute atomic E-state index is 0.0487. The SMILES string of the molecule is COc1cc(C2CC(C(=NNc3ccc(C)cc3)C3=NC(=S)NC(c4ccc(O)c(OC)c4)C3)=NC(=S)N2)ccc1O. The van der Waals surface area contributed by atoms with Crippen LogP contribution in [0, 0.1) is 6.92 Å². The van der Waals surface area contributed by atoms with Crippen molar-refractivity contribution in [3.63, 3.8) is 0 Å². The van der Waals surface area contributed by atoms with Crippen molar-refractivity contribution in [1.29, 1.82) is 0 Å². The fourth-order valence-electron chi connectivity index (χ4n) is 4.76. The highest BCUT2D eigenvalue weighted by molar-refractivity contribution is 7.80. The Morgan fingerprint density at radius 3 is 1.74 bits per heavy atom. The van der Waals surface area contributed by atoms with Crippen LogP contribution in [0.4, 0.5) is 5.69 Å². The van der Waals surface area contributed by atoms with E-state index in [1.807, 2.05) is 43.3 Å². The van der Waals surface area contributed by atoms with E-state index in [4.69, 9.17) is 39.0 Å². The summed E-state index contributed by atoms with van der Waals surface area (Å²) in [5.74, 6) is 0.819. The molecule has 5 N–H and O–H groups in total. The zero-order valence-electron chi connectivity index (χ0n) is 23.2. The molecule has 12 heteroatoms. The number of thiocarbonyl (C=S) groups is 2. The monoisotopic (exact) mass is 602 g/mol. The highest BCUT2D eigenvalue weighted by Gasteiger charge is 2.31. The van der Waals surface area contributed by atoms with E-state index >= 15 is 0 Å². The van der Waals surface area contributed by atoms with Crippen LogP contribution < -0.4 is 25.5 Å². The standard InChI is InChI=1S/C30H30N6O4S2/c1-16-4-8-19(9-5-16)35-36-28(22-14-20(31-29(41)33-22)17-6-10-24(37)26(12-17)39-2)23-15-21(32-30(42)34-23)18-7-11-25(38)27(13-18)40-3/h4-13,20-21,35,37-38H,14-15H2,1-3H3,(H,31,41)(H,32,42). The van der Waals surface area contributed by atoms with Gasteiger partial charge in [0.1, 0.15) is 5.71 Å². The van der Waals surface area contributed by atoms with Crippen LogP contribution in [0.2, 0.25) is 0 Å². The molecule has 3 aromatic carbocycles. The Hall–Kier alpha value is -4.55. The lowest BCUT2D eigenvalue weighted by atomic mass is 9.91. The van der Waals surface area contributed by atoms with Crippen molar-refractivity contribution in [1.82, 2.24) is 10.6 Å². The molecule has 0 spiro atoms. The van der Waals surface area contributed by atoms with Crippen LogP contribution in [0.3, 0.4) is 0 Å². The average molecular weight is 603 g/mol. The first-order valence-corrected chi connectivity index (χ1v) is 14.0. The molecule has 2 aliphatic rings. The molecular weight excluding hydrogens is 573 g/mol. The average Bonchev–Trinajstić information content (AvgIpc) is 2.98. The van der Waals surface area contributed by atoms with Gasteiger partial charge in [-0.15, -0.1) is 0 Å². The molecule has 216 valence electrons. The van der Waals surface area contributed by atoms with E-state index < -0.39 is 0 Å². The molecule has 0 saturated carbocycles. The number of hydrogen-bond donors (Lipinski definition) is 5. The van der Waals surface area contributed by atoms with Crippen LogP contribution in [0.1, 0.15) is 41.6 Å². The van der Waals surface area contributed by atoms with Crippen LogP contribution in [0.5, 0.6) is 23.0 Å². The largest absolute Gasteiger partial charge is 0.504 e.